The average Bonchev–Trinajstić information content (AvgIpc) is 3.48. The van der Waals surface area contributed by atoms with Gasteiger partial charge in [0.25, 0.3) is 0 Å². The lowest BCUT2D eigenvalue weighted by molar-refractivity contribution is -0.111. The number of aromatic nitrogens is 2. The van der Waals surface area contributed by atoms with Gasteiger partial charge in [-0.1, -0.05) is 41.9 Å². The van der Waals surface area contributed by atoms with Gasteiger partial charge in [-0.05, 0) is 92.2 Å². The highest BCUT2D eigenvalue weighted by molar-refractivity contribution is 6.32. The van der Waals surface area contributed by atoms with Gasteiger partial charge in [-0.25, -0.2) is 14.4 Å². The molecule has 5 aromatic rings. The van der Waals surface area contributed by atoms with Gasteiger partial charge < -0.3 is 20.1 Å². The number of methoxy groups -OCH3 is 1. The lowest BCUT2D eigenvalue weighted by Gasteiger charge is -2.18. The summed E-state index contributed by atoms with van der Waals surface area (Å²) < 4.78 is 25.0. The Morgan fingerprint density at radius 2 is 1.96 bits per heavy atom. The van der Waals surface area contributed by atoms with E-state index in [9.17, 15) is 9.18 Å². The number of likely N-dealkylation sites (N-methyl/N-ethyl adjacent to an activating group) is 1. The van der Waals surface area contributed by atoms with Crippen molar-refractivity contribution in [2.75, 3.05) is 31.3 Å². The van der Waals surface area contributed by atoms with Crippen molar-refractivity contribution in [1.29, 1.82) is 0 Å². The molecular weight excluding hydrogens is 605 g/mol. The van der Waals surface area contributed by atoms with Gasteiger partial charge >= 0.3 is 0 Å². The van der Waals surface area contributed by atoms with E-state index >= 15 is 0 Å². The third kappa shape index (κ3) is 7.11. The number of amides is 1. The van der Waals surface area contributed by atoms with Crippen molar-refractivity contribution in [2.45, 2.75) is 25.5 Å². The normalized spacial score (nSPS) is 14.9. The second-order valence-electron chi connectivity index (χ2n) is 11.1. The maximum Gasteiger partial charge on any atom is 0.248 e. The van der Waals surface area contributed by atoms with Crippen molar-refractivity contribution in [1.82, 2.24) is 14.9 Å². The van der Waals surface area contributed by atoms with Crippen molar-refractivity contribution >= 4 is 45.6 Å². The Morgan fingerprint density at radius 1 is 1.09 bits per heavy atom. The maximum absolute atomic E-state index is 13.6. The number of fused-ring (bicyclic) bond motifs is 1. The summed E-state index contributed by atoms with van der Waals surface area (Å²) in [6, 6.07) is 23.1. The first-order valence-electron chi connectivity index (χ1n) is 14.9. The highest BCUT2D eigenvalue weighted by Gasteiger charge is 2.20. The molecule has 0 radical (unpaired) electrons. The van der Waals surface area contributed by atoms with Crippen LogP contribution in [0.1, 0.15) is 18.4 Å². The smallest absolute Gasteiger partial charge is 0.248 e. The number of ether oxygens (including phenoxy) is 2. The molecule has 2 heterocycles. The van der Waals surface area contributed by atoms with E-state index in [0.717, 1.165) is 30.5 Å². The molecule has 0 saturated carbocycles. The Labute approximate surface area is 271 Å². The van der Waals surface area contributed by atoms with Gasteiger partial charge in [0, 0.05) is 29.1 Å². The summed E-state index contributed by atoms with van der Waals surface area (Å²) in [7, 11) is 3.68. The van der Waals surface area contributed by atoms with Gasteiger partial charge in [0.2, 0.25) is 5.91 Å². The largest absolute Gasteiger partial charge is 0.497 e. The zero-order valence-electron chi connectivity index (χ0n) is 25.5. The van der Waals surface area contributed by atoms with Crippen LogP contribution in [0.5, 0.6) is 11.5 Å². The Hall–Kier alpha value is -4.99. The van der Waals surface area contributed by atoms with E-state index in [0.29, 0.717) is 50.2 Å². The summed E-state index contributed by atoms with van der Waals surface area (Å²) in [4.78, 5) is 24.6. The van der Waals surface area contributed by atoms with Gasteiger partial charge in [-0.2, -0.15) is 0 Å². The topological polar surface area (TPSA) is 88.6 Å². The molecule has 1 amide bonds. The van der Waals surface area contributed by atoms with Crippen LogP contribution in [0.3, 0.4) is 0 Å². The summed E-state index contributed by atoms with van der Waals surface area (Å²) in [5, 5.41) is 7.54. The van der Waals surface area contributed by atoms with E-state index in [4.69, 9.17) is 21.1 Å². The van der Waals surface area contributed by atoms with Gasteiger partial charge in [-0.15, -0.1) is 0 Å². The third-order valence-corrected chi connectivity index (χ3v) is 8.24. The van der Waals surface area contributed by atoms with Crippen LogP contribution in [0.4, 0.5) is 21.6 Å². The number of rotatable bonds is 10. The Bertz CT molecular complexity index is 1920. The number of likely N-dealkylation sites (tertiary alicyclic amines) is 1. The van der Waals surface area contributed by atoms with Gasteiger partial charge in [-0.3, -0.25) is 9.69 Å². The first kappa shape index (κ1) is 31.0. The van der Waals surface area contributed by atoms with Crippen LogP contribution in [0.15, 0.2) is 97.3 Å². The predicted molar refractivity (Wildman–Crippen MR) is 180 cm³/mol. The Balaban J connectivity index is 1.34. The molecule has 1 saturated heterocycles. The molecule has 4 aromatic carbocycles. The quantitative estimate of drug-likeness (QED) is 0.150. The van der Waals surface area contributed by atoms with Gasteiger partial charge in [0.05, 0.1) is 23.0 Å². The van der Waals surface area contributed by atoms with Crippen LogP contribution < -0.4 is 20.1 Å². The van der Waals surface area contributed by atoms with E-state index in [1.807, 2.05) is 48.5 Å². The second-order valence-corrected chi connectivity index (χ2v) is 11.5. The second kappa shape index (κ2) is 14.0. The minimum Gasteiger partial charge on any atom is -0.497 e. The number of carbonyl (C=O) groups is 1. The molecule has 1 aromatic heterocycles. The van der Waals surface area contributed by atoms with Crippen LogP contribution >= 0.6 is 11.6 Å². The Morgan fingerprint density at radius 3 is 2.74 bits per heavy atom. The van der Waals surface area contributed by atoms with Crippen molar-refractivity contribution in [3.8, 4) is 22.6 Å². The van der Waals surface area contributed by atoms with Crippen molar-refractivity contribution in [2.24, 2.45) is 0 Å². The van der Waals surface area contributed by atoms with Gasteiger partial charge in [0.15, 0.2) is 0 Å². The monoisotopic (exact) mass is 637 g/mol. The SMILES string of the molecule is COc1cccc(-c2c(NC(=O)/C=C/C3CCCN3C)ccc3ncnc(Nc4ccc(OCc5cccc(F)c5)c(Cl)c4)c23)c1. The molecule has 1 aliphatic heterocycles. The number of hydrogen-bond acceptors (Lipinski definition) is 7. The number of halogens is 2. The molecular formula is C36H33ClFN5O3. The summed E-state index contributed by atoms with van der Waals surface area (Å²) in [5.41, 5.74) is 4.19. The fraction of sp³-hybridized carbons (Fsp3) is 0.194. The molecule has 1 atom stereocenters. The number of nitrogens with zero attached hydrogens (tertiary/aromatic N) is 3. The molecule has 0 spiro atoms. The average molecular weight is 638 g/mol. The molecule has 0 bridgehead atoms. The third-order valence-electron chi connectivity index (χ3n) is 7.94. The summed E-state index contributed by atoms with van der Waals surface area (Å²) in [6.07, 6.45) is 7.19. The number of anilines is 3. The zero-order chi connectivity index (χ0) is 32.0. The first-order chi connectivity index (χ1) is 22.4. The summed E-state index contributed by atoms with van der Waals surface area (Å²) >= 11 is 6.60. The highest BCUT2D eigenvalue weighted by Crippen LogP contribution is 2.40. The van der Waals surface area contributed by atoms with Crippen molar-refractivity contribution < 1.29 is 18.7 Å². The van der Waals surface area contributed by atoms with Crippen LogP contribution in [0.2, 0.25) is 5.02 Å². The zero-order valence-corrected chi connectivity index (χ0v) is 26.2. The van der Waals surface area contributed by atoms with Gasteiger partial charge in [0.1, 0.15) is 36.1 Å². The minimum atomic E-state index is -0.326. The molecule has 1 aliphatic rings. The molecule has 2 N–H and O–H groups in total. The summed E-state index contributed by atoms with van der Waals surface area (Å²) in [6.45, 7) is 1.19. The minimum absolute atomic E-state index is 0.172. The molecule has 6 rings (SSSR count). The lowest BCUT2D eigenvalue weighted by atomic mass is 9.98. The van der Waals surface area contributed by atoms with E-state index in [1.54, 1.807) is 37.5 Å². The summed E-state index contributed by atoms with van der Waals surface area (Å²) in [5.74, 6) is 1.10. The van der Waals surface area contributed by atoms with Crippen LogP contribution in [0, 0.1) is 5.82 Å². The molecule has 1 fully saturated rings. The van der Waals surface area contributed by atoms with E-state index in [1.165, 1.54) is 18.5 Å². The molecule has 234 valence electrons. The molecule has 46 heavy (non-hydrogen) atoms. The fourth-order valence-corrected chi connectivity index (χ4v) is 5.84. The van der Waals surface area contributed by atoms with Crippen LogP contribution in [0.25, 0.3) is 22.0 Å². The maximum atomic E-state index is 13.6. The molecule has 1 unspecified atom stereocenters. The van der Waals surface area contributed by atoms with E-state index < -0.39 is 0 Å². The standard InChI is InChI=1S/C36H33ClFN5O3/c1-43-17-5-9-27(43)12-16-33(44)42-31-14-13-30-35(34(31)24-7-4-10-28(19-24)45-2)36(40-22-39-30)41-26-11-15-32(29(37)20-26)46-21-23-6-3-8-25(38)18-23/h3-4,6-8,10-16,18-20,22,27H,5,9,17,21H2,1-2H3,(H,42,44)(H,39,40,41)/b16-12+. The number of benzene rings is 4. The molecule has 10 heteroatoms. The number of nitrogens with one attached hydrogen (secondary N) is 2. The highest BCUT2D eigenvalue weighted by atomic mass is 35.5. The van der Waals surface area contributed by atoms with Crippen molar-refractivity contribution in [3.63, 3.8) is 0 Å². The molecule has 8 nitrogen and oxygen atoms in total. The fourth-order valence-electron chi connectivity index (χ4n) is 5.60. The lowest BCUT2D eigenvalue weighted by Crippen LogP contribution is -2.23. The van der Waals surface area contributed by atoms with Crippen LogP contribution in [-0.4, -0.2) is 47.5 Å². The number of hydrogen-bond donors (Lipinski definition) is 2. The van der Waals surface area contributed by atoms with E-state index in [-0.39, 0.29) is 24.4 Å². The van der Waals surface area contributed by atoms with E-state index in [2.05, 4.69) is 32.5 Å². The van der Waals surface area contributed by atoms with Crippen molar-refractivity contribution in [3.05, 3.63) is 114 Å². The Kier molecular flexibility index (Phi) is 9.42. The molecule has 0 aliphatic carbocycles. The predicted octanol–water partition coefficient (Wildman–Crippen LogP) is 8.01. The first-order valence-corrected chi connectivity index (χ1v) is 15.3. The van der Waals surface area contributed by atoms with Crippen LogP contribution in [-0.2, 0) is 11.4 Å². The number of carbonyl (C=O) groups excluding carboxylic acids is 1.